The fraction of sp³-hybridized carbons (Fsp3) is 0.400. The van der Waals surface area contributed by atoms with Crippen molar-refractivity contribution in [2.45, 2.75) is 43.8 Å². The van der Waals surface area contributed by atoms with Gasteiger partial charge in [0, 0.05) is 0 Å². The van der Waals surface area contributed by atoms with Gasteiger partial charge in [-0.05, 0) is 6.92 Å². The second-order valence-electron chi connectivity index (χ2n) is 6.58. The Kier molecular flexibility index (Phi) is 23.0. The first kappa shape index (κ1) is 51.6. The van der Waals surface area contributed by atoms with Gasteiger partial charge in [-0.1, -0.05) is 6.58 Å². The Balaban J connectivity index is -0.000000160. The number of rotatable bonds is 2. The van der Waals surface area contributed by atoms with Crippen molar-refractivity contribution in [1.82, 2.24) is 0 Å². The van der Waals surface area contributed by atoms with Gasteiger partial charge < -0.3 is 0 Å². The average molecular weight is 732 g/mol. The third-order valence-electron chi connectivity index (χ3n) is 3.05. The zero-order chi connectivity index (χ0) is 39.5. The number of nitriles is 2. The summed E-state index contributed by atoms with van der Waals surface area (Å²) in [6.07, 6.45) is -34.4. The standard InChI is InChI=1S/C4F8.C4H2F7N.C4H2F4N2.C4H3F2N.C4H2N2/c5-2(6)1(3(7,8)9)4(10,11)12;5-2(12)1(3(6,7)8)4(9,10)11;1-10-2(3(5)9)4(6,7)8;1-3(7-2)4(5)6;1-4(2-5)3-6/h;1,12H;2,9H;1H3;1H2. The molecule has 0 aliphatic carbocycles. The molecule has 27 heteroatoms. The predicted octanol–water partition coefficient (Wildman–Crippen LogP) is 10.3. The van der Waals surface area contributed by atoms with E-state index in [0.29, 0.717) is 0 Å². The second kappa shape index (κ2) is 21.0. The van der Waals surface area contributed by atoms with E-state index < -0.39 is 78.2 Å². The van der Waals surface area contributed by atoms with Gasteiger partial charge in [0.2, 0.25) is 23.2 Å². The summed E-state index contributed by atoms with van der Waals surface area (Å²) in [7, 11) is 0. The van der Waals surface area contributed by atoms with Crippen LogP contribution in [0.1, 0.15) is 6.92 Å². The molecule has 6 nitrogen and oxygen atoms in total. The van der Waals surface area contributed by atoms with E-state index in [9.17, 15) is 92.2 Å². The molecule has 2 N–H and O–H groups in total. The summed E-state index contributed by atoms with van der Waals surface area (Å²) in [5, 5.41) is 27.1. The Labute approximate surface area is 246 Å². The van der Waals surface area contributed by atoms with Crippen molar-refractivity contribution in [3.63, 3.8) is 0 Å². The Morgan fingerprint density at radius 1 is 0.638 bits per heavy atom. The quantitative estimate of drug-likeness (QED) is 0.128. The monoisotopic (exact) mass is 732 g/mol. The summed E-state index contributed by atoms with van der Waals surface area (Å²) < 4.78 is 237. The predicted molar refractivity (Wildman–Crippen MR) is 113 cm³/mol. The molecule has 0 aromatic rings. The van der Waals surface area contributed by atoms with Crippen molar-refractivity contribution in [2.24, 2.45) is 5.92 Å². The van der Waals surface area contributed by atoms with Crippen LogP contribution in [0.2, 0.25) is 0 Å². The molecule has 0 aliphatic heterocycles. The third kappa shape index (κ3) is 26.0. The van der Waals surface area contributed by atoms with E-state index in [2.05, 4.69) is 11.4 Å². The van der Waals surface area contributed by atoms with Crippen LogP contribution in [0.25, 0.3) is 9.69 Å². The molecule has 1 unspecified atom stereocenters. The molecule has 1 atom stereocenters. The van der Waals surface area contributed by atoms with Gasteiger partial charge in [-0.15, -0.1) is 0 Å². The number of nitrogens with zero attached hydrogens (tertiary/aromatic N) is 4. The molecule has 0 aliphatic rings. The van der Waals surface area contributed by atoms with Crippen LogP contribution in [0.15, 0.2) is 35.6 Å². The van der Waals surface area contributed by atoms with Gasteiger partial charge in [0.25, 0.3) is 18.1 Å². The fourth-order valence-electron chi connectivity index (χ4n) is 1.19. The molecule has 0 spiro atoms. The van der Waals surface area contributed by atoms with Gasteiger partial charge in [0.1, 0.15) is 17.7 Å². The number of alkyl halides is 15. The summed E-state index contributed by atoms with van der Waals surface area (Å²) in [5.41, 5.74) is -4.33. The topological polar surface area (TPSA) is 104 Å². The Hall–Kier alpha value is -4.95. The lowest BCUT2D eigenvalue weighted by molar-refractivity contribution is -0.262. The molecule has 47 heavy (non-hydrogen) atoms. The van der Waals surface area contributed by atoms with Gasteiger partial charge in [-0.3, -0.25) is 15.7 Å². The summed E-state index contributed by atoms with van der Waals surface area (Å²) in [6.45, 7) is 16.0. The molecule has 0 fully saturated rings. The van der Waals surface area contributed by atoms with Gasteiger partial charge in [0.15, 0.2) is 0 Å². The molecule has 0 heterocycles. The van der Waals surface area contributed by atoms with Crippen LogP contribution in [0.4, 0.5) is 92.2 Å². The lowest BCUT2D eigenvalue weighted by Gasteiger charge is -2.19. The molecule has 0 saturated heterocycles. The van der Waals surface area contributed by atoms with Crippen LogP contribution in [-0.4, -0.2) is 48.9 Å². The molecule has 0 saturated carbocycles. The zero-order valence-electron chi connectivity index (χ0n) is 21.6. The average Bonchev–Trinajstić information content (AvgIpc) is 2.79. The minimum absolute atomic E-state index is 0.0463. The van der Waals surface area contributed by atoms with Crippen LogP contribution in [0.3, 0.4) is 0 Å². The summed E-state index contributed by atoms with van der Waals surface area (Å²) in [4.78, 5) is 4.35. The Morgan fingerprint density at radius 2 is 0.957 bits per heavy atom. The van der Waals surface area contributed by atoms with Crippen molar-refractivity contribution >= 4 is 11.9 Å². The lowest BCUT2D eigenvalue weighted by Crippen LogP contribution is -2.40. The van der Waals surface area contributed by atoms with E-state index in [1.807, 2.05) is 4.85 Å². The Bertz CT molecular complexity index is 1230. The first-order chi connectivity index (χ1) is 20.5. The minimum Gasteiger partial charge on any atom is -0.294 e. The van der Waals surface area contributed by atoms with Gasteiger partial charge >= 0.3 is 36.9 Å². The molecular formula is C20H9F21N6. The van der Waals surface area contributed by atoms with Gasteiger partial charge in [-0.25, -0.2) is 11.4 Å². The van der Waals surface area contributed by atoms with Crippen LogP contribution in [0.5, 0.6) is 0 Å². The first-order valence-electron chi connectivity index (χ1n) is 9.64. The van der Waals surface area contributed by atoms with Crippen LogP contribution in [0, 0.1) is 52.5 Å². The molecule has 0 bridgehead atoms. The van der Waals surface area contributed by atoms with E-state index in [-0.39, 0.29) is 5.57 Å². The SMILES string of the molecule is C=C(C#N)C#N.FC(F)=C(C(F)(F)F)C(F)(F)F.N=C(F)C(C(F)(F)F)C(F)(F)F.[C-]#[N+]C(C(=N)F)C(F)(F)F.[C-]#[N+]C(C)=C(F)F. The lowest BCUT2D eigenvalue weighted by atomic mass is 10.1. The van der Waals surface area contributed by atoms with E-state index in [1.165, 1.54) is 0 Å². The highest BCUT2D eigenvalue weighted by Crippen LogP contribution is 2.41. The fourth-order valence-corrected chi connectivity index (χ4v) is 1.19. The second-order valence-corrected chi connectivity index (χ2v) is 6.58. The van der Waals surface area contributed by atoms with Crippen LogP contribution in [-0.2, 0) is 0 Å². The van der Waals surface area contributed by atoms with E-state index in [0.717, 1.165) is 6.92 Å². The highest BCUT2D eigenvalue weighted by molar-refractivity contribution is 5.80. The maximum absolute atomic E-state index is 11.5. The minimum atomic E-state index is -6.07. The first-order valence-corrected chi connectivity index (χ1v) is 9.64. The van der Waals surface area contributed by atoms with E-state index in [4.69, 9.17) is 34.5 Å². The molecule has 0 aromatic carbocycles. The van der Waals surface area contributed by atoms with Crippen LogP contribution < -0.4 is 0 Å². The normalized spacial score (nSPS) is 11.5. The molecule has 0 amide bonds. The zero-order valence-corrected chi connectivity index (χ0v) is 21.6. The molecule has 0 radical (unpaired) electrons. The Morgan fingerprint density at radius 3 is 0.957 bits per heavy atom. The molecule has 0 aromatic heterocycles. The smallest absolute Gasteiger partial charge is 0.294 e. The maximum Gasteiger partial charge on any atom is 0.474 e. The largest absolute Gasteiger partial charge is 0.474 e. The number of nitrogens with one attached hydrogen (secondary N) is 2. The molecular weight excluding hydrogens is 723 g/mol. The van der Waals surface area contributed by atoms with Gasteiger partial charge in [-0.2, -0.15) is 103 Å². The molecule has 266 valence electrons. The van der Waals surface area contributed by atoms with Crippen molar-refractivity contribution < 1.29 is 92.2 Å². The van der Waals surface area contributed by atoms with Crippen molar-refractivity contribution in [2.75, 3.05) is 0 Å². The van der Waals surface area contributed by atoms with Crippen LogP contribution >= 0.6 is 0 Å². The number of hydrogen-bond acceptors (Lipinski definition) is 4. The summed E-state index contributed by atoms with van der Waals surface area (Å²) >= 11 is 0. The van der Waals surface area contributed by atoms with Crippen molar-refractivity contribution in [3.05, 3.63) is 58.4 Å². The number of hydrogen-bond donors (Lipinski definition) is 2. The van der Waals surface area contributed by atoms with Crippen molar-refractivity contribution in [3.8, 4) is 12.1 Å². The molecule has 0 rings (SSSR count). The summed E-state index contributed by atoms with van der Waals surface area (Å²) in [5.74, 6) is -9.41. The maximum atomic E-state index is 11.5. The third-order valence-corrected chi connectivity index (χ3v) is 3.05. The highest BCUT2D eigenvalue weighted by atomic mass is 19.4. The number of allylic oxidation sites excluding steroid dienone is 3. The van der Waals surface area contributed by atoms with Gasteiger partial charge in [0.05, 0.1) is 6.57 Å². The summed E-state index contributed by atoms with van der Waals surface area (Å²) in [6, 6.07) is 0.194. The van der Waals surface area contributed by atoms with E-state index in [1.54, 1.807) is 12.1 Å². The highest BCUT2D eigenvalue weighted by Gasteiger charge is 2.60. The van der Waals surface area contributed by atoms with E-state index >= 15 is 0 Å². The van der Waals surface area contributed by atoms with Crippen molar-refractivity contribution in [1.29, 1.82) is 21.3 Å². The number of halogens is 21.